The van der Waals surface area contributed by atoms with Gasteiger partial charge in [-0.15, -0.1) is 0 Å². The molecule has 1 saturated heterocycles. The first-order chi connectivity index (χ1) is 9.93. The first kappa shape index (κ1) is 14.6. The van der Waals surface area contributed by atoms with Gasteiger partial charge in [0, 0.05) is 0 Å². The summed E-state index contributed by atoms with van der Waals surface area (Å²) < 4.78 is 7.23. The molecule has 1 fully saturated rings. The average Bonchev–Trinajstić information content (AvgIpc) is 2.89. The predicted molar refractivity (Wildman–Crippen MR) is 79.9 cm³/mol. The Hall–Kier alpha value is -1.28. The van der Waals surface area contributed by atoms with E-state index < -0.39 is 31.1 Å². The lowest BCUT2D eigenvalue weighted by Crippen LogP contribution is -2.33. The van der Waals surface area contributed by atoms with Gasteiger partial charge in [-0.3, -0.25) is 0 Å². The van der Waals surface area contributed by atoms with Gasteiger partial charge >= 0.3 is 0 Å². The van der Waals surface area contributed by atoms with E-state index in [-0.39, 0.29) is 11.8 Å². The number of ether oxygens (including phenoxy) is 1. The van der Waals surface area contributed by atoms with Gasteiger partial charge in [0.05, 0.1) is 12.0 Å². The van der Waals surface area contributed by atoms with Crippen LogP contribution in [0.25, 0.3) is 11.0 Å². The van der Waals surface area contributed by atoms with E-state index in [1.807, 2.05) is 22.6 Å². The molecule has 3 rings (SSSR count). The highest BCUT2D eigenvalue weighted by Crippen LogP contribution is 2.33. The van der Waals surface area contributed by atoms with Crippen LogP contribution in [0.5, 0.6) is 0 Å². The first-order valence-corrected chi connectivity index (χ1v) is 7.11. The van der Waals surface area contributed by atoms with Crippen LogP contribution in [-0.4, -0.2) is 60.0 Å². The maximum atomic E-state index is 10.1. The summed E-state index contributed by atoms with van der Waals surface area (Å²) in [5.41, 5.74) is 11.7. The second kappa shape index (κ2) is 5.17. The first-order valence-electron chi connectivity index (χ1n) is 6.03. The van der Waals surface area contributed by atoms with Crippen molar-refractivity contribution in [2.45, 2.75) is 24.5 Å². The topological polar surface area (TPSA) is 166 Å². The van der Waals surface area contributed by atoms with Gasteiger partial charge in [0.25, 0.3) is 0 Å². The molecule has 10 nitrogen and oxygen atoms in total. The van der Waals surface area contributed by atoms with Gasteiger partial charge in [-0.1, -0.05) is 0 Å². The molecule has 21 heavy (non-hydrogen) atoms. The minimum absolute atomic E-state index is 0.0377. The van der Waals surface area contributed by atoms with E-state index in [2.05, 4.69) is 15.1 Å². The molecule has 0 unspecified atom stereocenters. The van der Waals surface area contributed by atoms with E-state index in [9.17, 15) is 10.2 Å². The van der Waals surface area contributed by atoms with Crippen LogP contribution < -0.4 is 11.5 Å². The van der Waals surface area contributed by atoms with Crippen LogP contribution in [0.3, 0.4) is 0 Å². The number of halogens is 1. The van der Waals surface area contributed by atoms with Crippen LogP contribution >= 0.6 is 22.6 Å². The van der Waals surface area contributed by atoms with Crippen LogP contribution in [0.4, 0.5) is 11.8 Å². The van der Waals surface area contributed by atoms with E-state index in [0.717, 1.165) is 0 Å². The highest BCUT2D eigenvalue weighted by Gasteiger charge is 2.44. The molecular formula is C10H13IN6O4. The Labute approximate surface area is 131 Å². The van der Waals surface area contributed by atoms with Crippen LogP contribution in [0, 0.1) is 3.70 Å². The molecule has 0 spiro atoms. The van der Waals surface area contributed by atoms with Crippen molar-refractivity contribution in [1.29, 1.82) is 0 Å². The third kappa shape index (κ3) is 2.20. The van der Waals surface area contributed by atoms with E-state index in [4.69, 9.17) is 21.3 Å². The molecule has 7 N–H and O–H groups in total. The van der Waals surface area contributed by atoms with Crippen molar-refractivity contribution in [3.8, 4) is 0 Å². The molecule has 0 aromatic carbocycles. The number of anilines is 2. The summed E-state index contributed by atoms with van der Waals surface area (Å²) in [6.07, 6.45) is -4.40. The summed E-state index contributed by atoms with van der Waals surface area (Å²) in [7, 11) is 0. The summed E-state index contributed by atoms with van der Waals surface area (Å²) in [5, 5.41) is 33.7. The number of aliphatic hydroxyl groups excluding tert-OH is 3. The minimum atomic E-state index is -1.27. The number of aromatic nitrogens is 4. The molecule has 0 radical (unpaired) electrons. The molecule has 0 saturated carbocycles. The molecular weight excluding hydrogens is 395 g/mol. The van der Waals surface area contributed by atoms with E-state index in [1.54, 1.807) is 0 Å². The second-order valence-corrected chi connectivity index (χ2v) is 5.65. The second-order valence-electron chi connectivity index (χ2n) is 4.63. The number of nitrogens with two attached hydrogens (primary N) is 2. The summed E-state index contributed by atoms with van der Waals surface area (Å²) in [5.74, 6) is 0.129. The van der Waals surface area contributed by atoms with Crippen molar-refractivity contribution in [1.82, 2.24) is 19.7 Å². The highest BCUT2D eigenvalue weighted by atomic mass is 127. The van der Waals surface area contributed by atoms with Crippen molar-refractivity contribution in [2.24, 2.45) is 0 Å². The minimum Gasteiger partial charge on any atom is -0.394 e. The summed E-state index contributed by atoms with van der Waals surface area (Å²) in [4.78, 5) is 7.92. The van der Waals surface area contributed by atoms with Gasteiger partial charge in [0.15, 0.2) is 11.9 Å². The molecule has 11 heteroatoms. The molecule has 2 aromatic rings. The predicted octanol–water partition coefficient (Wildman–Crippen LogP) is -1.79. The van der Waals surface area contributed by atoms with Crippen molar-refractivity contribution in [2.75, 3.05) is 18.1 Å². The lowest BCUT2D eigenvalue weighted by Gasteiger charge is -2.15. The largest absolute Gasteiger partial charge is 0.394 e. The molecule has 0 aliphatic carbocycles. The maximum absolute atomic E-state index is 10.1. The smallest absolute Gasteiger partial charge is 0.224 e. The maximum Gasteiger partial charge on any atom is 0.224 e. The lowest BCUT2D eigenvalue weighted by atomic mass is 10.1. The van der Waals surface area contributed by atoms with Crippen LogP contribution in [0.2, 0.25) is 0 Å². The zero-order valence-corrected chi connectivity index (χ0v) is 12.7. The number of hydrogen-bond donors (Lipinski definition) is 5. The number of nitrogens with zero attached hydrogens (tertiary/aromatic N) is 4. The number of fused-ring (bicyclic) bond motifs is 1. The Morgan fingerprint density at radius 1 is 1.24 bits per heavy atom. The Kier molecular flexibility index (Phi) is 3.61. The summed E-state index contributed by atoms with van der Waals surface area (Å²) in [6, 6.07) is 0. The van der Waals surface area contributed by atoms with Gasteiger partial charge in [0.2, 0.25) is 5.95 Å². The van der Waals surface area contributed by atoms with Crippen molar-refractivity contribution < 1.29 is 20.1 Å². The molecule has 1 aliphatic heterocycles. The molecule has 114 valence electrons. The number of aliphatic hydroxyl groups is 3. The van der Waals surface area contributed by atoms with E-state index >= 15 is 0 Å². The van der Waals surface area contributed by atoms with E-state index in [1.165, 1.54) is 4.68 Å². The summed E-state index contributed by atoms with van der Waals surface area (Å²) in [6.45, 7) is -0.426. The molecule has 0 bridgehead atoms. The number of hydrogen-bond acceptors (Lipinski definition) is 9. The fourth-order valence-corrected chi connectivity index (χ4v) is 3.05. The fourth-order valence-electron chi connectivity index (χ4n) is 2.30. The SMILES string of the molecule is Nc1nc(N)c2c(I)nn([C@@H]3O[C@H](CO)[C@@H](O)[C@H]3O)c2n1. The molecule has 3 heterocycles. The quantitative estimate of drug-likeness (QED) is 0.361. The van der Waals surface area contributed by atoms with Gasteiger partial charge in [-0.2, -0.15) is 15.1 Å². The Bertz CT molecular complexity index is 694. The lowest BCUT2D eigenvalue weighted by molar-refractivity contribution is -0.0568. The zero-order chi connectivity index (χ0) is 15.3. The number of nitrogen functional groups attached to an aromatic ring is 2. The third-order valence-corrected chi connectivity index (χ3v) is 4.07. The Morgan fingerprint density at radius 2 is 1.95 bits per heavy atom. The standard InChI is InChI=1S/C10H13IN6O4/c11-6-3-7(12)14-10(13)15-8(3)17(16-6)9-5(20)4(19)2(1-18)21-9/h2,4-5,9,18-20H,1H2,(H4,12,13,14,15)/t2-,4-,5-,9-/m1/s1. The average molecular weight is 408 g/mol. The van der Waals surface area contributed by atoms with Crippen LogP contribution in [0.15, 0.2) is 0 Å². The Balaban J connectivity index is 2.13. The third-order valence-electron chi connectivity index (χ3n) is 3.31. The van der Waals surface area contributed by atoms with Gasteiger partial charge < -0.3 is 31.5 Å². The van der Waals surface area contributed by atoms with Crippen LogP contribution in [-0.2, 0) is 4.74 Å². The molecule has 0 amide bonds. The molecule has 4 atom stereocenters. The van der Waals surface area contributed by atoms with Gasteiger partial charge in [-0.25, -0.2) is 4.68 Å². The summed E-state index contributed by atoms with van der Waals surface area (Å²) >= 11 is 1.95. The highest BCUT2D eigenvalue weighted by molar-refractivity contribution is 14.1. The number of rotatable bonds is 2. The molecule has 1 aliphatic rings. The molecule has 2 aromatic heterocycles. The normalized spacial score (nSPS) is 29.3. The van der Waals surface area contributed by atoms with E-state index in [0.29, 0.717) is 14.7 Å². The van der Waals surface area contributed by atoms with Crippen molar-refractivity contribution in [3.63, 3.8) is 0 Å². The van der Waals surface area contributed by atoms with Crippen molar-refractivity contribution >= 4 is 45.4 Å². The zero-order valence-electron chi connectivity index (χ0n) is 10.6. The van der Waals surface area contributed by atoms with Crippen LogP contribution in [0.1, 0.15) is 6.23 Å². The fraction of sp³-hybridized carbons (Fsp3) is 0.500. The van der Waals surface area contributed by atoms with Gasteiger partial charge in [0.1, 0.15) is 27.8 Å². The monoisotopic (exact) mass is 408 g/mol. The van der Waals surface area contributed by atoms with Crippen molar-refractivity contribution in [3.05, 3.63) is 3.70 Å². The Morgan fingerprint density at radius 3 is 2.57 bits per heavy atom. The van der Waals surface area contributed by atoms with Gasteiger partial charge in [-0.05, 0) is 22.6 Å².